The van der Waals surface area contributed by atoms with Crippen molar-refractivity contribution in [3.8, 4) is 0 Å². The number of hydrogen-bond donors (Lipinski definition) is 1. The van der Waals surface area contributed by atoms with Crippen LogP contribution >= 0.6 is 11.3 Å². The standard InChI is InChI=1S/C17H30N2OS/c1-12(2)15-7-6-8-17(11-15,18-9-10-20-5)16-19-13(3)14(4)21-16/h12,15,18H,6-11H2,1-5H3. The monoisotopic (exact) mass is 310 g/mol. The van der Waals surface area contributed by atoms with Crippen LogP contribution in [0.2, 0.25) is 0 Å². The molecule has 2 unspecified atom stereocenters. The van der Waals surface area contributed by atoms with Crippen LogP contribution in [-0.4, -0.2) is 25.2 Å². The van der Waals surface area contributed by atoms with E-state index >= 15 is 0 Å². The zero-order valence-corrected chi connectivity index (χ0v) is 15.0. The van der Waals surface area contributed by atoms with Crippen molar-refractivity contribution in [3.05, 3.63) is 15.6 Å². The van der Waals surface area contributed by atoms with E-state index in [4.69, 9.17) is 9.72 Å². The van der Waals surface area contributed by atoms with Crippen LogP contribution in [0, 0.1) is 25.7 Å². The first-order valence-electron chi connectivity index (χ1n) is 8.17. The van der Waals surface area contributed by atoms with E-state index in [9.17, 15) is 0 Å². The minimum absolute atomic E-state index is 0.0649. The molecule has 3 nitrogen and oxygen atoms in total. The first-order valence-corrected chi connectivity index (χ1v) is 8.98. The lowest BCUT2D eigenvalue weighted by molar-refractivity contribution is 0.127. The van der Waals surface area contributed by atoms with Gasteiger partial charge in [0.2, 0.25) is 0 Å². The summed E-state index contributed by atoms with van der Waals surface area (Å²) in [4.78, 5) is 6.25. The number of rotatable bonds is 6. The fourth-order valence-corrected chi connectivity index (χ4v) is 4.51. The molecule has 0 amide bonds. The van der Waals surface area contributed by atoms with Crippen LogP contribution in [0.5, 0.6) is 0 Å². The SMILES string of the molecule is COCCNC1(c2nc(C)c(C)s2)CCCC(C(C)C)C1. The Morgan fingerprint density at radius 3 is 2.76 bits per heavy atom. The van der Waals surface area contributed by atoms with Crippen molar-refractivity contribution < 1.29 is 4.74 Å². The second-order valence-corrected chi connectivity index (χ2v) is 7.97. The van der Waals surface area contributed by atoms with E-state index in [1.54, 1.807) is 7.11 Å². The molecule has 1 aliphatic rings. The van der Waals surface area contributed by atoms with Gasteiger partial charge in [-0.25, -0.2) is 4.98 Å². The quantitative estimate of drug-likeness (QED) is 0.805. The molecule has 1 fully saturated rings. The van der Waals surface area contributed by atoms with Gasteiger partial charge in [-0.05, 0) is 38.5 Å². The number of hydrogen-bond acceptors (Lipinski definition) is 4. The summed E-state index contributed by atoms with van der Waals surface area (Å²) in [5, 5.41) is 5.09. The van der Waals surface area contributed by atoms with Gasteiger partial charge in [-0.3, -0.25) is 0 Å². The Morgan fingerprint density at radius 2 is 2.19 bits per heavy atom. The van der Waals surface area contributed by atoms with Crippen molar-refractivity contribution in [2.45, 2.75) is 58.9 Å². The molecule has 1 aliphatic carbocycles. The van der Waals surface area contributed by atoms with Crippen molar-refractivity contribution in [2.75, 3.05) is 20.3 Å². The molecular formula is C17H30N2OS. The Labute approximate surface area is 133 Å². The molecule has 1 aromatic heterocycles. The molecule has 2 atom stereocenters. The summed E-state index contributed by atoms with van der Waals surface area (Å²) in [6.07, 6.45) is 5.06. The summed E-state index contributed by atoms with van der Waals surface area (Å²) in [7, 11) is 1.77. The number of ether oxygens (including phenoxy) is 1. The molecule has 0 spiro atoms. The van der Waals surface area contributed by atoms with Crippen molar-refractivity contribution in [1.29, 1.82) is 0 Å². The van der Waals surface area contributed by atoms with E-state index in [1.807, 2.05) is 11.3 Å². The van der Waals surface area contributed by atoms with Crippen LogP contribution in [0.1, 0.15) is 55.1 Å². The van der Waals surface area contributed by atoms with Gasteiger partial charge in [-0.2, -0.15) is 0 Å². The number of nitrogens with zero attached hydrogens (tertiary/aromatic N) is 1. The van der Waals surface area contributed by atoms with Gasteiger partial charge in [0.1, 0.15) is 5.01 Å². The van der Waals surface area contributed by atoms with Gasteiger partial charge in [-0.1, -0.05) is 26.7 Å². The predicted molar refractivity (Wildman–Crippen MR) is 89.9 cm³/mol. The molecule has 1 aromatic rings. The van der Waals surface area contributed by atoms with E-state index in [-0.39, 0.29) is 5.54 Å². The summed E-state index contributed by atoms with van der Waals surface area (Å²) in [5.41, 5.74) is 1.25. The molecule has 4 heteroatoms. The number of thiazole rings is 1. The summed E-state index contributed by atoms with van der Waals surface area (Å²) in [5.74, 6) is 1.54. The van der Waals surface area contributed by atoms with E-state index in [1.165, 1.54) is 41.3 Å². The smallest absolute Gasteiger partial charge is 0.113 e. The molecule has 1 N–H and O–H groups in total. The van der Waals surface area contributed by atoms with Gasteiger partial charge < -0.3 is 10.1 Å². The van der Waals surface area contributed by atoms with Crippen molar-refractivity contribution in [3.63, 3.8) is 0 Å². The van der Waals surface area contributed by atoms with Crippen LogP contribution in [-0.2, 0) is 10.3 Å². The van der Waals surface area contributed by atoms with E-state index in [0.29, 0.717) is 0 Å². The Morgan fingerprint density at radius 1 is 1.43 bits per heavy atom. The topological polar surface area (TPSA) is 34.1 Å². The van der Waals surface area contributed by atoms with E-state index in [2.05, 4.69) is 33.0 Å². The van der Waals surface area contributed by atoms with Gasteiger partial charge in [0.25, 0.3) is 0 Å². The number of nitrogens with one attached hydrogen (secondary N) is 1. The predicted octanol–water partition coefficient (Wildman–Crippen LogP) is 4.04. The van der Waals surface area contributed by atoms with E-state index < -0.39 is 0 Å². The molecule has 120 valence electrons. The molecule has 2 rings (SSSR count). The van der Waals surface area contributed by atoms with Crippen molar-refractivity contribution in [1.82, 2.24) is 10.3 Å². The molecule has 0 aliphatic heterocycles. The molecule has 0 saturated heterocycles. The fourth-order valence-electron chi connectivity index (χ4n) is 3.39. The molecular weight excluding hydrogens is 280 g/mol. The lowest BCUT2D eigenvalue weighted by Gasteiger charge is -2.42. The van der Waals surface area contributed by atoms with Gasteiger partial charge >= 0.3 is 0 Å². The second-order valence-electron chi connectivity index (χ2n) is 6.76. The molecule has 0 bridgehead atoms. The summed E-state index contributed by atoms with van der Waals surface area (Å²) < 4.78 is 5.24. The number of methoxy groups -OCH3 is 1. The summed E-state index contributed by atoms with van der Waals surface area (Å²) in [6.45, 7) is 10.7. The highest BCUT2D eigenvalue weighted by atomic mass is 32.1. The Hall–Kier alpha value is -0.450. The van der Waals surface area contributed by atoms with E-state index in [0.717, 1.165) is 25.0 Å². The number of aryl methyl sites for hydroxylation is 2. The van der Waals surface area contributed by atoms with Crippen LogP contribution in [0.3, 0.4) is 0 Å². The van der Waals surface area contributed by atoms with Crippen LogP contribution in [0.4, 0.5) is 0 Å². The van der Waals surface area contributed by atoms with Crippen LogP contribution in [0.15, 0.2) is 0 Å². The Bertz CT molecular complexity index is 438. The first kappa shape index (κ1) is 16.9. The molecule has 1 saturated carbocycles. The van der Waals surface area contributed by atoms with Gasteiger partial charge in [0.05, 0.1) is 17.8 Å². The highest BCUT2D eigenvalue weighted by Crippen LogP contribution is 2.44. The fraction of sp³-hybridized carbons (Fsp3) is 0.824. The van der Waals surface area contributed by atoms with Gasteiger partial charge in [-0.15, -0.1) is 11.3 Å². The average Bonchev–Trinajstić information content (AvgIpc) is 2.80. The van der Waals surface area contributed by atoms with Gasteiger partial charge in [0, 0.05) is 18.5 Å². The third kappa shape index (κ3) is 3.85. The Balaban J connectivity index is 2.25. The van der Waals surface area contributed by atoms with Crippen molar-refractivity contribution >= 4 is 11.3 Å². The van der Waals surface area contributed by atoms with Gasteiger partial charge in [0.15, 0.2) is 0 Å². The minimum Gasteiger partial charge on any atom is -0.383 e. The zero-order valence-electron chi connectivity index (χ0n) is 14.2. The van der Waals surface area contributed by atoms with Crippen LogP contribution in [0.25, 0.3) is 0 Å². The summed E-state index contributed by atoms with van der Waals surface area (Å²) in [6, 6.07) is 0. The maximum absolute atomic E-state index is 5.24. The largest absolute Gasteiger partial charge is 0.383 e. The van der Waals surface area contributed by atoms with Crippen molar-refractivity contribution in [2.24, 2.45) is 11.8 Å². The molecule has 0 aromatic carbocycles. The summed E-state index contributed by atoms with van der Waals surface area (Å²) >= 11 is 1.88. The third-order valence-electron chi connectivity index (χ3n) is 4.94. The molecule has 0 radical (unpaired) electrons. The highest BCUT2D eigenvalue weighted by Gasteiger charge is 2.40. The average molecular weight is 311 g/mol. The lowest BCUT2D eigenvalue weighted by Crippen LogP contribution is -2.48. The maximum atomic E-state index is 5.24. The Kier molecular flexibility index (Phi) is 5.81. The lowest BCUT2D eigenvalue weighted by atomic mass is 9.72. The zero-order chi connectivity index (χ0) is 15.5. The molecule has 1 heterocycles. The maximum Gasteiger partial charge on any atom is 0.113 e. The third-order valence-corrected chi connectivity index (χ3v) is 6.22. The second kappa shape index (κ2) is 7.21. The molecule has 21 heavy (non-hydrogen) atoms. The van der Waals surface area contributed by atoms with Crippen LogP contribution < -0.4 is 5.32 Å². The highest BCUT2D eigenvalue weighted by molar-refractivity contribution is 7.11. The minimum atomic E-state index is 0.0649. The first-order chi connectivity index (χ1) is 9.98. The number of aromatic nitrogens is 1. The normalized spacial score (nSPS) is 26.5.